The SMILES string of the molecule is CCOC(=O)C1=C(CN2CCC[C@@H](c3ccccc3)C2)NC(=O)N[C@H]1c1cccc(OC)c1OC. The number of amides is 2. The third-order valence-corrected chi connectivity index (χ3v) is 6.55. The Morgan fingerprint density at radius 2 is 1.89 bits per heavy atom. The summed E-state index contributed by atoms with van der Waals surface area (Å²) in [5.74, 6) is 0.916. The monoisotopic (exact) mass is 479 g/mol. The number of nitrogens with zero attached hydrogens (tertiary/aromatic N) is 1. The van der Waals surface area contributed by atoms with E-state index in [0.717, 1.165) is 25.9 Å². The van der Waals surface area contributed by atoms with E-state index in [1.54, 1.807) is 20.1 Å². The number of hydrogen-bond acceptors (Lipinski definition) is 6. The number of piperidine rings is 1. The quantitative estimate of drug-likeness (QED) is 0.561. The van der Waals surface area contributed by atoms with Gasteiger partial charge >= 0.3 is 12.0 Å². The number of rotatable bonds is 8. The molecule has 2 N–H and O–H groups in total. The van der Waals surface area contributed by atoms with Crippen molar-refractivity contribution >= 4 is 12.0 Å². The summed E-state index contributed by atoms with van der Waals surface area (Å²) in [6.07, 6.45) is 2.16. The van der Waals surface area contributed by atoms with Gasteiger partial charge in [-0.25, -0.2) is 9.59 Å². The lowest BCUT2D eigenvalue weighted by molar-refractivity contribution is -0.139. The van der Waals surface area contributed by atoms with E-state index < -0.39 is 12.0 Å². The molecule has 0 aromatic heterocycles. The molecule has 2 aromatic carbocycles. The molecule has 2 atom stereocenters. The zero-order valence-electron chi connectivity index (χ0n) is 20.5. The number of carbonyl (C=O) groups excluding carboxylic acids is 2. The third-order valence-electron chi connectivity index (χ3n) is 6.55. The lowest BCUT2D eigenvalue weighted by Gasteiger charge is -2.36. The Balaban J connectivity index is 1.70. The molecule has 1 fully saturated rings. The molecule has 8 nitrogen and oxygen atoms in total. The van der Waals surface area contributed by atoms with Crippen LogP contribution in [0.5, 0.6) is 11.5 Å². The molecule has 0 saturated carbocycles. The molecule has 0 bridgehead atoms. The maximum absolute atomic E-state index is 13.2. The predicted octanol–water partition coefficient (Wildman–Crippen LogP) is 3.75. The minimum absolute atomic E-state index is 0.228. The van der Waals surface area contributed by atoms with E-state index in [4.69, 9.17) is 14.2 Å². The molecule has 2 aliphatic heterocycles. The summed E-state index contributed by atoms with van der Waals surface area (Å²) < 4.78 is 16.5. The minimum atomic E-state index is -0.738. The second-order valence-corrected chi connectivity index (χ2v) is 8.71. The van der Waals surface area contributed by atoms with Crippen molar-refractivity contribution in [2.24, 2.45) is 0 Å². The molecular weight excluding hydrogens is 446 g/mol. The van der Waals surface area contributed by atoms with Crippen LogP contribution in [0.2, 0.25) is 0 Å². The van der Waals surface area contributed by atoms with Gasteiger partial charge in [0.05, 0.1) is 32.4 Å². The highest BCUT2D eigenvalue weighted by Gasteiger charge is 2.37. The van der Waals surface area contributed by atoms with E-state index in [-0.39, 0.29) is 12.6 Å². The first-order valence-corrected chi connectivity index (χ1v) is 12.0. The summed E-state index contributed by atoms with van der Waals surface area (Å²) in [5.41, 5.74) is 2.86. The number of nitrogens with one attached hydrogen (secondary N) is 2. The molecular formula is C27H33N3O5. The van der Waals surface area contributed by atoms with Crippen molar-refractivity contribution in [2.75, 3.05) is 40.5 Å². The maximum atomic E-state index is 13.2. The van der Waals surface area contributed by atoms with Gasteiger partial charge in [-0.1, -0.05) is 42.5 Å². The summed E-state index contributed by atoms with van der Waals surface area (Å²) in [7, 11) is 3.09. The van der Waals surface area contributed by atoms with Crippen LogP contribution in [0.4, 0.5) is 4.79 Å². The lowest BCUT2D eigenvalue weighted by Crippen LogP contribution is -2.49. The fraction of sp³-hybridized carbons (Fsp3) is 0.407. The van der Waals surface area contributed by atoms with Crippen molar-refractivity contribution in [1.82, 2.24) is 15.5 Å². The third kappa shape index (κ3) is 5.43. The summed E-state index contributed by atoms with van der Waals surface area (Å²) >= 11 is 0. The number of esters is 1. The normalized spacial score (nSPS) is 20.6. The molecule has 8 heteroatoms. The molecule has 0 unspecified atom stereocenters. The molecule has 0 radical (unpaired) electrons. The van der Waals surface area contributed by atoms with Gasteiger partial charge in [0, 0.05) is 24.4 Å². The van der Waals surface area contributed by atoms with Crippen LogP contribution in [-0.4, -0.2) is 57.4 Å². The van der Waals surface area contributed by atoms with Gasteiger partial charge in [-0.2, -0.15) is 0 Å². The number of para-hydroxylation sites is 1. The number of benzene rings is 2. The molecule has 0 aliphatic carbocycles. The molecule has 2 amide bonds. The van der Waals surface area contributed by atoms with Gasteiger partial charge in [-0.3, -0.25) is 4.90 Å². The van der Waals surface area contributed by atoms with Crippen LogP contribution in [0.15, 0.2) is 59.8 Å². The Labute approximate surface area is 206 Å². The van der Waals surface area contributed by atoms with Crippen molar-refractivity contribution in [2.45, 2.75) is 31.7 Å². The van der Waals surface area contributed by atoms with Crippen molar-refractivity contribution in [3.63, 3.8) is 0 Å². The van der Waals surface area contributed by atoms with Gasteiger partial charge in [-0.05, 0) is 43.9 Å². The average molecular weight is 480 g/mol. The predicted molar refractivity (Wildman–Crippen MR) is 132 cm³/mol. The van der Waals surface area contributed by atoms with Crippen molar-refractivity contribution in [3.8, 4) is 11.5 Å². The maximum Gasteiger partial charge on any atom is 0.338 e. The van der Waals surface area contributed by atoms with Crippen LogP contribution in [0.3, 0.4) is 0 Å². The largest absolute Gasteiger partial charge is 0.493 e. The fourth-order valence-corrected chi connectivity index (χ4v) is 4.99. The number of ether oxygens (including phenoxy) is 3. The Morgan fingerprint density at radius 1 is 1.09 bits per heavy atom. The van der Waals surface area contributed by atoms with E-state index >= 15 is 0 Å². The Morgan fingerprint density at radius 3 is 2.60 bits per heavy atom. The van der Waals surface area contributed by atoms with Crippen molar-refractivity contribution < 1.29 is 23.8 Å². The van der Waals surface area contributed by atoms with Gasteiger partial charge in [0.15, 0.2) is 11.5 Å². The highest BCUT2D eigenvalue weighted by atomic mass is 16.5. The topological polar surface area (TPSA) is 89.1 Å². The van der Waals surface area contributed by atoms with Crippen molar-refractivity contribution in [1.29, 1.82) is 0 Å². The van der Waals surface area contributed by atoms with E-state index in [9.17, 15) is 9.59 Å². The van der Waals surface area contributed by atoms with Crippen LogP contribution >= 0.6 is 0 Å². The first-order valence-electron chi connectivity index (χ1n) is 12.0. The van der Waals surface area contributed by atoms with E-state index in [1.807, 2.05) is 18.2 Å². The second-order valence-electron chi connectivity index (χ2n) is 8.71. The van der Waals surface area contributed by atoms with E-state index in [2.05, 4.69) is 39.8 Å². The van der Waals surface area contributed by atoms with Gasteiger partial charge in [0.1, 0.15) is 0 Å². The average Bonchev–Trinajstić information content (AvgIpc) is 2.88. The molecule has 4 rings (SSSR count). The highest BCUT2D eigenvalue weighted by Crippen LogP contribution is 2.39. The van der Waals surface area contributed by atoms with Crippen molar-refractivity contribution in [3.05, 3.63) is 70.9 Å². The molecule has 35 heavy (non-hydrogen) atoms. The second kappa shape index (κ2) is 11.3. The first kappa shape index (κ1) is 24.6. The molecule has 0 spiro atoms. The summed E-state index contributed by atoms with van der Waals surface area (Å²) in [5, 5.41) is 5.78. The Kier molecular flexibility index (Phi) is 7.92. The van der Waals surface area contributed by atoms with E-state index in [1.165, 1.54) is 12.7 Å². The zero-order chi connectivity index (χ0) is 24.8. The number of likely N-dealkylation sites (tertiary alicyclic amines) is 1. The van der Waals surface area contributed by atoms with Gasteiger partial charge < -0.3 is 24.8 Å². The molecule has 2 aromatic rings. The van der Waals surface area contributed by atoms with E-state index in [0.29, 0.717) is 40.8 Å². The first-order chi connectivity index (χ1) is 17.0. The molecule has 1 saturated heterocycles. The lowest BCUT2D eigenvalue weighted by atomic mass is 9.90. The van der Waals surface area contributed by atoms with Gasteiger partial charge in [-0.15, -0.1) is 0 Å². The Bertz CT molecular complexity index is 1090. The molecule has 2 heterocycles. The van der Waals surface area contributed by atoms with Gasteiger partial charge in [0.25, 0.3) is 0 Å². The Hall–Kier alpha value is -3.52. The number of carbonyl (C=O) groups is 2. The van der Waals surface area contributed by atoms with Crippen LogP contribution < -0.4 is 20.1 Å². The standard InChI is InChI=1S/C27H33N3O5/c1-4-35-26(31)23-21(17-30-15-9-12-19(16-30)18-10-6-5-7-11-18)28-27(32)29-24(23)20-13-8-14-22(33-2)25(20)34-3/h5-8,10-11,13-14,19,24H,4,9,12,15-17H2,1-3H3,(H2,28,29,32)/t19-,24+/m1/s1. The van der Waals surface area contributed by atoms with Crippen LogP contribution in [0.25, 0.3) is 0 Å². The number of urea groups is 1. The number of hydrogen-bond donors (Lipinski definition) is 2. The van der Waals surface area contributed by atoms with Gasteiger partial charge in [0.2, 0.25) is 0 Å². The summed E-state index contributed by atoms with van der Waals surface area (Å²) in [6, 6.07) is 14.8. The smallest absolute Gasteiger partial charge is 0.338 e. The number of methoxy groups -OCH3 is 2. The minimum Gasteiger partial charge on any atom is -0.493 e. The summed E-state index contributed by atoms with van der Waals surface area (Å²) in [4.78, 5) is 28.3. The van der Waals surface area contributed by atoms with Crippen LogP contribution in [-0.2, 0) is 9.53 Å². The molecule has 2 aliphatic rings. The summed E-state index contributed by atoms with van der Waals surface area (Å²) in [6.45, 7) is 4.17. The van der Waals surface area contributed by atoms with Crippen LogP contribution in [0, 0.1) is 0 Å². The zero-order valence-corrected chi connectivity index (χ0v) is 20.5. The molecule has 186 valence electrons. The van der Waals surface area contributed by atoms with Crippen LogP contribution in [0.1, 0.15) is 42.9 Å². The highest BCUT2D eigenvalue weighted by molar-refractivity contribution is 5.95. The fourth-order valence-electron chi connectivity index (χ4n) is 4.99.